The first-order chi connectivity index (χ1) is 8.73. The maximum Gasteiger partial charge on any atom is 0.241 e. The zero-order valence-corrected chi connectivity index (χ0v) is 12.3. The molecule has 1 aromatic rings. The Morgan fingerprint density at radius 3 is 2.53 bits per heavy atom. The van der Waals surface area contributed by atoms with Crippen molar-refractivity contribution in [3.05, 3.63) is 29.6 Å². The van der Waals surface area contributed by atoms with Gasteiger partial charge in [-0.15, -0.1) is 0 Å². The van der Waals surface area contributed by atoms with Gasteiger partial charge in [0.2, 0.25) is 10.0 Å². The van der Waals surface area contributed by atoms with Crippen molar-refractivity contribution in [2.45, 2.75) is 38.6 Å². The zero-order chi connectivity index (χ0) is 14.7. The molecule has 0 saturated carbocycles. The van der Waals surface area contributed by atoms with Crippen LogP contribution < -0.4 is 10.5 Å². The molecular formula is C13H21FN2O2S. The first-order valence-corrected chi connectivity index (χ1v) is 7.69. The van der Waals surface area contributed by atoms with Crippen LogP contribution in [-0.4, -0.2) is 15.0 Å². The molecule has 0 heterocycles. The Morgan fingerprint density at radius 1 is 1.37 bits per heavy atom. The number of hydrogen-bond acceptors (Lipinski definition) is 3. The van der Waals surface area contributed by atoms with E-state index in [0.29, 0.717) is 6.54 Å². The van der Waals surface area contributed by atoms with Gasteiger partial charge >= 0.3 is 0 Å². The molecule has 4 nitrogen and oxygen atoms in total. The summed E-state index contributed by atoms with van der Waals surface area (Å²) in [6.45, 7) is 6.06. The van der Waals surface area contributed by atoms with Gasteiger partial charge in [-0.25, -0.2) is 17.5 Å². The molecule has 0 aliphatic rings. The molecule has 0 spiro atoms. The summed E-state index contributed by atoms with van der Waals surface area (Å²) in [6.07, 6.45) is 0.836. The minimum absolute atomic E-state index is 0.0179. The topological polar surface area (TPSA) is 72.2 Å². The number of rotatable bonds is 6. The second-order valence-electron chi connectivity index (χ2n) is 5.26. The third-order valence-electron chi connectivity index (χ3n) is 3.27. The van der Waals surface area contributed by atoms with Crippen LogP contribution in [0.15, 0.2) is 23.1 Å². The van der Waals surface area contributed by atoms with Gasteiger partial charge in [-0.3, -0.25) is 0 Å². The van der Waals surface area contributed by atoms with Gasteiger partial charge in [0.1, 0.15) is 5.82 Å². The number of benzene rings is 1. The molecule has 19 heavy (non-hydrogen) atoms. The fourth-order valence-corrected chi connectivity index (χ4v) is 2.98. The lowest BCUT2D eigenvalue weighted by atomic mass is 9.91. The van der Waals surface area contributed by atoms with Crippen molar-refractivity contribution in [1.29, 1.82) is 0 Å². The molecular weight excluding hydrogens is 267 g/mol. The first-order valence-electron chi connectivity index (χ1n) is 6.20. The quantitative estimate of drug-likeness (QED) is 0.841. The highest BCUT2D eigenvalue weighted by molar-refractivity contribution is 7.89. The van der Waals surface area contributed by atoms with Crippen LogP contribution in [-0.2, 0) is 16.6 Å². The second-order valence-corrected chi connectivity index (χ2v) is 7.00. The molecule has 1 aromatic carbocycles. The highest BCUT2D eigenvalue weighted by atomic mass is 32.2. The van der Waals surface area contributed by atoms with Gasteiger partial charge in [-0.2, -0.15) is 0 Å². The summed E-state index contributed by atoms with van der Waals surface area (Å²) in [5, 5.41) is 0. The van der Waals surface area contributed by atoms with E-state index >= 15 is 0 Å². The van der Waals surface area contributed by atoms with Crippen LogP contribution in [0.2, 0.25) is 0 Å². The summed E-state index contributed by atoms with van der Waals surface area (Å²) in [7, 11) is -3.74. The second kappa shape index (κ2) is 5.98. The van der Waals surface area contributed by atoms with Crippen molar-refractivity contribution in [1.82, 2.24) is 4.72 Å². The van der Waals surface area contributed by atoms with Crippen LogP contribution in [0.5, 0.6) is 0 Å². The molecule has 0 aliphatic heterocycles. The molecule has 0 unspecified atom stereocenters. The number of nitrogens with two attached hydrogens (primary N) is 1. The van der Waals surface area contributed by atoms with Gasteiger partial charge in [0, 0.05) is 18.7 Å². The van der Waals surface area contributed by atoms with Crippen molar-refractivity contribution in [2.75, 3.05) is 6.54 Å². The van der Waals surface area contributed by atoms with E-state index in [4.69, 9.17) is 5.73 Å². The first kappa shape index (κ1) is 16.1. The van der Waals surface area contributed by atoms with Gasteiger partial charge in [-0.05, 0) is 24.0 Å². The molecule has 0 saturated heterocycles. The predicted octanol–water partition coefficient (Wildman–Crippen LogP) is 2.00. The molecule has 0 bridgehead atoms. The van der Waals surface area contributed by atoms with Crippen LogP contribution in [0.1, 0.15) is 32.8 Å². The van der Waals surface area contributed by atoms with Crippen LogP contribution in [0.4, 0.5) is 4.39 Å². The average Bonchev–Trinajstić information content (AvgIpc) is 2.36. The Kier molecular flexibility index (Phi) is 5.06. The van der Waals surface area contributed by atoms with E-state index in [0.717, 1.165) is 6.42 Å². The van der Waals surface area contributed by atoms with Crippen LogP contribution in [0.25, 0.3) is 0 Å². The molecule has 0 amide bonds. The van der Waals surface area contributed by atoms with E-state index in [1.54, 1.807) is 0 Å². The largest absolute Gasteiger partial charge is 0.326 e. The summed E-state index contributed by atoms with van der Waals surface area (Å²) < 4.78 is 40.5. The summed E-state index contributed by atoms with van der Waals surface area (Å²) in [4.78, 5) is -0.0816. The maximum absolute atomic E-state index is 13.5. The Morgan fingerprint density at radius 2 is 2.00 bits per heavy atom. The molecule has 0 aromatic heterocycles. The van der Waals surface area contributed by atoms with Crippen molar-refractivity contribution in [3.8, 4) is 0 Å². The van der Waals surface area contributed by atoms with E-state index in [-0.39, 0.29) is 22.4 Å². The molecule has 6 heteroatoms. The summed E-state index contributed by atoms with van der Waals surface area (Å²) >= 11 is 0. The van der Waals surface area contributed by atoms with Gasteiger partial charge < -0.3 is 5.73 Å². The highest BCUT2D eigenvalue weighted by Crippen LogP contribution is 2.21. The summed E-state index contributed by atoms with van der Waals surface area (Å²) in [5.41, 5.74) is 5.29. The normalized spacial score (nSPS) is 12.7. The summed E-state index contributed by atoms with van der Waals surface area (Å²) in [5.74, 6) is -0.597. The van der Waals surface area contributed by atoms with E-state index in [2.05, 4.69) is 4.72 Å². The zero-order valence-electron chi connectivity index (χ0n) is 11.5. The van der Waals surface area contributed by atoms with Gasteiger partial charge in [0.25, 0.3) is 0 Å². The minimum atomic E-state index is -3.74. The lowest BCUT2D eigenvalue weighted by Gasteiger charge is -2.23. The Balaban J connectivity index is 3.05. The standard InChI is InChI=1S/C13H21FN2O2S/c1-4-13(2,3)9-16-19(17,18)12-7-5-6-11(14)10(12)8-15/h5-7,16H,4,8-9,15H2,1-3H3. The molecule has 0 aliphatic carbocycles. The van der Waals surface area contributed by atoms with Crippen LogP contribution >= 0.6 is 0 Å². The lowest BCUT2D eigenvalue weighted by Crippen LogP contribution is -2.34. The fraction of sp³-hybridized carbons (Fsp3) is 0.538. The van der Waals surface area contributed by atoms with E-state index in [9.17, 15) is 12.8 Å². The van der Waals surface area contributed by atoms with E-state index in [1.807, 2.05) is 20.8 Å². The number of sulfonamides is 1. The molecule has 0 atom stereocenters. The Bertz CT molecular complexity index is 542. The third kappa shape index (κ3) is 3.99. The number of halogens is 1. The molecule has 0 fully saturated rings. The van der Waals surface area contributed by atoms with E-state index in [1.165, 1.54) is 18.2 Å². The SMILES string of the molecule is CCC(C)(C)CNS(=O)(=O)c1cccc(F)c1CN. The van der Waals surface area contributed by atoms with Gasteiger partial charge in [-0.1, -0.05) is 26.8 Å². The van der Waals surface area contributed by atoms with Gasteiger partial charge in [0.05, 0.1) is 4.90 Å². The number of hydrogen-bond donors (Lipinski definition) is 2. The third-order valence-corrected chi connectivity index (χ3v) is 4.75. The van der Waals surface area contributed by atoms with Crippen LogP contribution in [0, 0.1) is 11.2 Å². The van der Waals surface area contributed by atoms with Crippen molar-refractivity contribution in [3.63, 3.8) is 0 Å². The molecule has 3 N–H and O–H groups in total. The van der Waals surface area contributed by atoms with Crippen LogP contribution in [0.3, 0.4) is 0 Å². The Hall–Kier alpha value is -0.980. The average molecular weight is 288 g/mol. The monoisotopic (exact) mass is 288 g/mol. The number of nitrogens with one attached hydrogen (secondary N) is 1. The maximum atomic E-state index is 13.5. The molecule has 108 valence electrons. The minimum Gasteiger partial charge on any atom is -0.326 e. The molecule has 1 rings (SSSR count). The summed E-state index contributed by atoms with van der Waals surface area (Å²) in [6, 6.07) is 3.94. The predicted molar refractivity (Wildman–Crippen MR) is 73.6 cm³/mol. The van der Waals surface area contributed by atoms with Crippen molar-refractivity contribution in [2.24, 2.45) is 11.1 Å². The Labute approximate surface area is 114 Å². The highest BCUT2D eigenvalue weighted by Gasteiger charge is 2.23. The smallest absolute Gasteiger partial charge is 0.241 e. The van der Waals surface area contributed by atoms with Crippen molar-refractivity contribution < 1.29 is 12.8 Å². The van der Waals surface area contributed by atoms with Crippen molar-refractivity contribution >= 4 is 10.0 Å². The molecule has 0 radical (unpaired) electrons. The fourth-order valence-electron chi connectivity index (χ4n) is 1.48. The van der Waals surface area contributed by atoms with E-state index < -0.39 is 15.8 Å². The van der Waals surface area contributed by atoms with Gasteiger partial charge in [0.15, 0.2) is 0 Å². The lowest BCUT2D eigenvalue weighted by molar-refractivity contribution is 0.350.